The van der Waals surface area contributed by atoms with Crippen molar-refractivity contribution in [1.82, 2.24) is 14.3 Å². The molecule has 1 atom stereocenters. The lowest BCUT2D eigenvalue weighted by atomic mass is 10.1. The van der Waals surface area contributed by atoms with Gasteiger partial charge in [0, 0.05) is 37.8 Å². The van der Waals surface area contributed by atoms with Crippen LogP contribution in [0, 0.1) is 5.92 Å². The summed E-state index contributed by atoms with van der Waals surface area (Å²) in [5.74, 6) is 1.50. The van der Waals surface area contributed by atoms with Crippen LogP contribution in [-0.2, 0) is 11.3 Å². The predicted octanol–water partition coefficient (Wildman–Crippen LogP) is 2.22. The highest BCUT2D eigenvalue weighted by atomic mass is 32.1. The minimum absolute atomic E-state index is 0.487. The van der Waals surface area contributed by atoms with Crippen molar-refractivity contribution in [2.45, 2.75) is 39.3 Å². The van der Waals surface area contributed by atoms with E-state index in [2.05, 4.69) is 33.4 Å². The Morgan fingerprint density at radius 3 is 3.11 bits per heavy atom. The van der Waals surface area contributed by atoms with E-state index in [9.17, 15) is 0 Å². The first kappa shape index (κ1) is 14.7. The average molecular weight is 284 g/mol. The third-order valence-electron chi connectivity index (χ3n) is 3.33. The number of methoxy groups -OCH3 is 1. The lowest BCUT2D eigenvalue weighted by Gasteiger charge is -2.26. The maximum absolute atomic E-state index is 5.03. The second kappa shape index (κ2) is 7.17. The van der Waals surface area contributed by atoms with Crippen LogP contribution in [0.1, 0.15) is 32.5 Å². The van der Waals surface area contributed by atoms with Crippen LogP contribution in [0.4, 0.5) is 5.13 Å². The summed E-state index contributed by atoms with van der Waals surface area (Å²) in [7, 11) is 1.66. The fourth-order valence-electron chi connectivity index (χ4n) is 2.55. The number of aromatic nitrogens is 2. The zero-order valence-electron chi connectivity index (χ0n) is 12.1. The molecule has 0 spiro atoms. The Bertz CT molecular complexity index is 382. The molecule has 0 saturated carbocycles. The van der Waals surface area contributed by atoms with E-state index in [-0.39, 0.29) is 0 Å². The Hall–Kier alpha value is -0.720. The zero-order valence-corrected chi connectivity index (χ0v) is 12.9. The van der Waals surface area contributed by atoms with Crippen molar-refractivity contribution < 1.29 is 4.74 Å². The molecule has 19 heavy (non-hydrogen) atoms. The molecule has 0 aliphatic carbocycles. The number of likely N-dealkylation sites (tertiary alicyclic amines) is 1. The third-order valence-corrected chi connectivity index (χ3v) is 4.04. The summed E-state index contributed by atoms with van der Waals surface area (Å²) in [5.41, 5.74) is 0. The summed E-state index contributed by atoms with van der Waals surface area (Å²) in [6, 6.07) is 0.636. The number of hydrogen-bond acceptors (Lipinski definition) is 6. The van der Waals surface area contributed by atoms with Crippen molar-refractivity contribution in [3.05, 3.63) is 5.82 Å². The second-order valence-electron chi connectivity index (χ2n) is 5.51. The zero-order chi connectivity index (χ0) is 13.7. The van der Waals surface area contributed by atoms with E-state index >= 15 is 0 Å². The van der Waals surface area contributed by atoms with Crippen LogP contribution in [0.2, 0.25) is 0 Å². The highest BCUT2D eigenvalue weighted by Crippen LogP contribution is 2.20. The lowest BCUT2D eigenvalue weighted by molar-refractivity contribution is 0.179. The third kappa shape index (κ3) is 4.40. The molecule has 0 radical (unpaired) electrons. The summed E-state index contributed by atoms with van der Waals surface area (Å²) in [5, 5.41) is 4.32. The van der Waals surface area contributed by atoms with Crippen molar-refractivity contribution in [2.24, 2.45) is 5.92 Å². The van der Waals surface area contributed by atoms with E-state index in [1.54, 1.807) is 7.11 Å². The molecule has 108 valence electrons. The van der Waals surface area contributed by atoms with Gasteiger partial charge in [0.1, 0.15) is 6.61 Å². The van der Waals surface area contributed by atoms with Gasteiger partial charge in [0.2, 0.25) is 5.13 Å². The minimum Gasteiger partial charge on any atom is -0.377 e. The Balaban J connectivity index is 1.80. The van der Waals surface area contributed by atoms with Gasteiger partial charge in [-0.1, -0.05) is 13.8 Å². The van der Waals surface area contributed by atoms with Gasteiger partial charge in [0.05, 0.1) is 0 Å². The molecule has 1 aromatic heterocycles. The lowest BCUT2D eigenvalue weighted by Crippen LogP contribution is -2.37. The Morgan fingerprint density at radius 2 is 2.37 bits per heavy atom. The number of ether oxygens (including phenoxy) is 1. The van der Waals surface area contributed by atoms with Gasteiger partial charge in [-0.3, -0.25) is 4.90 Å². The predicted molar refractivity (Wildman–Crippen MR) is 78.5 cm³/mol. The van der Waals surface area contributed by atoms with E-state index in [1.807, 2.05) is 0 Å². The van der Waals surface area contributed by atoms with Gasteiger partial charge in [-0.05, 0) is 25.3 Å². The molecule has 0 bridgehead atoms. The first-order chi connectivity index (χ1) is 9.19. The van der Waals surface area contributed by atoms with Crippen molar-refractivity contribution in [3.63, 3.8) is 0 Å². The summed E-state index contributed by atoms with van der Waals surface area (Å²) >= 11 is 1.42. The average Bonchev–Trinajstić information content (AvgIpc) is 2.96. The Kier molecular flexibility index (Phi) is 5.54. The van der Waals surface area contributed by atoms with Gasteiger partial charge in [-0.25, -0.2) is 4.98 Å². The molecule has 1 aliphatic rings. The minimum atomic E-state index is 0.487. The van der Waals surface area contributed by atoms with Crippen LogP contribution < -0.4 is 5.32 Å². The van der Waals surface area contributed by atoms with E-state index in [1.165, 1.54) is 37.5 Å². The SMILES string of the molecule is COCc1nsc(NC[C@H]2CCCN2CC(C)C)n1. The fourth-order valence-corrected chi connectivity index (χ4v) is 3.13. The van der Waals surface area contributed by atoms with Crippen LogP contribution in [0.15, 0.2) is 0 Å². The highest BCUT2D eigenvalue weighted by molar-refractivity contribution is 7.09. The second-order valence-corrected chi connectivity index (χ2v) is 6.27. The smallest absolute Gasteiger partial charge is 0.202 e. The fraction of sp³-hybridized carbons (Fsp3) is 0.846. The molecule has 0 unspecified atom stereocenters. The number of nitrogens with one attached hydrogen (secondary N) is 1. The summed E-state index contributed by atoms with van der Waals surface area (Å²) in [6.45, 7) is 8.44. The normalized spacial score (nSPS) is 20.3. The van der Waals surface area contributed by atoms with Gasteiger partial charge in [-0.2, -0.15) is 4.37 Å². The molecule has 1 aromatic rings. The van der Waals surface area contributed by atoms with Gasteiger partial charge in [0.15, 0.2) is 5.82 Å². The topological polar surface area (TPSA) is 50.3 Å². The number of hydrogen-bond donors (Lipinski definition) is 1. The molecule has 2 rings (SSSR count). The molecular weight excluding hydrogens is 260 g/mol. The summed E-state index contributed by atoms with van der Waals surface area (Å²) < 4.78 is 9.27. The molecule has 0 aromatic carbocycles. The van der Waals surface area contributed by atoms with Crippen LogP contribution in [0.5, 0.6) is 0 Å². The van der Waals surface area contributed by atoms with Gasteiger partial charge >= 0.3 is 0 Å². The monoisotopic (exact) mass is 284 g/mol. The largest absolute Gasteiger partial charge is 0.377 e. The van der Waals surface area contributed by atoms with Crippen LogP contribution >= 0.6 is 11.5 Å². The number of nitrogens with zero attached hydrogens (tertiary/aromatic N) is 3. The number of anilines is 1. The Labute approximate surface area is 119 Å². The molecule has 1 N–H and O–H groups in total. The maximum Gasteiger partial charge on any atom is 0.202 e. The Morgan fingerprint density at radius 1 is 1.53 bits per heavy atom. The van der Waals surface area contributed by atoms with E-state index in [0.29, 0.717) is 12.6 Å². The summed E-state index contributed by atoms with van der Waals surface area (Å²) in [4.78, 5) is 6.99. The molecular formula is C13H24N4OS. The van der Waals surface area contributed by atoms with Crippen molar-refractivity contribution in [3.8, 4) is 0 Å². The molecule has 1 saturated heterocycles. The molecule has 6 heteroatoms. The van der Waals surface area contributed by atoms with E-state index < -0.39 is 0 Å². The highest BCUT2D eigenvalue weighted by Gasteiger charge is 2.24. The molecule has 2 heterocycles. The quantitative estimate of drug-likeness (QED) is 0.832. The van der Waals surface area contributed by atoms with E-state index in [0.717, 1.165) is 23.4 Å². The van der Waals surface area contributed by atoms with Crippen LogP contribution in [0.3, 0.4) is 0 Å². The maximum atomic E-state index is 5.03. The molecule has 0 amide bonds. The van der Waals surface area contributed by atoms with Gasteiger partial charge < -0.3 is 10.1 Å². The standard InChI is InChI=1S/C13H24N4OS/c1-10(2)8-17-6-4-5-11(17)7-14-13-15-12(9-18-3)16-19-13/h10-11H,4-9H2,1-3H3,(H,14,15,16)/t11-/m1/s1. The first-order valence-corrected chi connectivity index (χ1v) is 7.76. The first-order valence-electron chi connectivity index (χ1n) is 6.98. The van der Waals surface area contributed by atoms with E-state index in [4.69, 9.17) is 4.74 Å². The van der Waals surface area contributed by atoms with Crippen molar-refractivity contribution in [2.75, 3.05) is 32.1 Å². The summed E-state index contributed by atoms with van der Waals surface area (Å²) in [6.07, 6.45) is 2.59. The van der Waals surface area contributed by atoms with Crippen molar-refractivity contribution >= 4 is 16.7 Å². The van der Waals surface area contributed by atoms with Crippen LogP contribution in [-0.4, -0.2) is 47.0 Å². The molecule has 1 fully saturated rings. The van der Waals surface area contributed by atoms with Crippen molar-refractivity contribution in [1.29, 1.82) is 0 Å². The van der Waals surface area contributed by atoms with Gasteiger partial charge in [-0.15, -0.1) is 0 Å². The molecule has 1 aliphatic heterocycles. The molecule has 5 nitrogen and oxygen atoms in total. The van der Waals surface area contributed by atoms with Gasteiger partial charge in [0.25, 0.3) is 0 Å². The number of rotatable bonds is 7. The van der Waals surface area contributed by atoms with Crippen LogP contribution in [0.25, 0.3) is 0 Å².